The molecule has 2 N–H and O–H groups in total. The van der Waals surface area contributed by atoms with Crippen molar-refractivity contribution >= 4 is 29.0 Å². The highest BCUT2D eigenvalue weighted by atomic mass is 16.2. The number of carbonyl (C=O) groups is 2. The van der Waals surface area contributed by atoms with Crippen LogP contribution in [-0.2, 0) is 13.0 Å². The van der Waals surface area contributed by atoms with Gasteiger partial charge in [-0.1, -0.05) is 42.5 Å². The molecule has 0 spiro atoms. The number of hydrogen-bond donors (Lipinski definition) is 2. The first kappa shape index (κ1) is 22.0. The highest BCUT2D eigenvalue weighted by molar-refractivity contribution is 6.04. The fourth-order valence-corrected chi connectivity index (χ4v) is 4.85. The Morgan fingerprint density at radius 1 is 0.824 bits per heavy atom. The van der Waals surface area contributed by atoms with Gasteiger partial charge in [-0.3, -0.25) is 4.79 Å². The molecule has 5 rings (SSSR count). The van der Waals surface area contributed by atoms with E-state index in [2.05, 4.69) is 39.8 Å². The molecule has 2 aliphatic heterocycles. The van der Waals surface area contributed by atoms with Crippen LogP contribution < -0.4 is 15.5 Å². The number of likely N-dealkylation sites (tertiary alicyclic amines) is 1. The molecule has 0 radical (unpaired) electrons. The fraction of sp³-hybridized carbons (Fsp3) is 0.286. The van der Waals surface area contributed by atoms with Gasteiger partial charge >= 0.3 is 6.03 Å². The van der Waals surface area contributed by atoms with Crippen molar-refractivity contribution in [3.63, 3.8) is 0 Å². The van der Waals surface area contributed by atoms with Gasteiger partial charge in [-0.2, -0.15) is 0 Å². The first-order chi connectivity index (χ1) is 16.6. The second kappa shape index (κ2) is 9.59. The minimum atomic E-state index is -0.325. The Morgan fingerprint density at radius 2 is 1.56 bits per heavy atom. The lowest BCUT2D eigenvalue weighted by molar-refractivity contribution is 0.0793. The van der Waals surface area contributed by atoms with Gasteiger partial charge in [0.05, 0.1) is 5.56 Å². The van der Waals surface area contributed by atoms with Crippen LogP contribution in [0.4, 0.5) is 21.9 Å². The quantitative estimate of drug-likeness (QED) is 0.552. The third kappa shape index (κ3) is 4.62. The van der Waals surface area contributed by atoms with E-state index in [4.69, 9.17) is 0 Å². The van der Waals surface area contributed by atoms with Gasteiger partial charge in [0.2, 0.25) is 0 Å². The van der Waals surface area contributed by atoms with Crippen molar-refractivity contribution in [2.24, 2.45) is 0 Å². The lowest BCUT2D eigenvalue weighted by Gasteiger charge is -2.33. The van der Waals surface area contributed by atoms with Crippen molar-refractivity contribution in [2.45, 2.75) is 32.7 Å². The summed E-state index contributed by atoms with van der Waals surface area (Å²) >= 11 is 0. The summed E-state index contributed by atoms with van der Waals surface area (Å²) in [6.07, 6.45) is 3.02. The summed E-state index contributed by atoms with van der Waals surface area (Å²) in [4.78, 5) is 30.4. The number of amides is 3. The molecule has 2 aliphatic rings. The average molecular weight is 455 g/mol. The first-order valence-electron chi connectivity index (χ1n) is 12.0. The zero-order valence-corrected chi connectivity index (χ0v) is 19.5. The van der Waals surface area contributed by atoms with Crippen molar-refractivity contribution < 1.29 is 9.59 Å². The summed E-state index contributed by atoms with van der Waals surface area (Å²) in [6, 6.07) is 21.5. The third-order valence-electron chi connectivity index (χ3n) is 6.74. The van der Waals surface area contributed by atoms with E-state index in [1.54, 1.807) is 0 Å². The van der Waals surface area contributed by atoms with Crippen molar-refractivity contribution in [3.8, 4) is 0 Å². The van der Waals surface area contributed by atoms with Crippen LogP contribution in [0.2, 0.25) is 0 Å². The zero-order valence-electron chi connectivity index (χ0n) is 19.5. The molecule has 1 saturated heterocycles. The largest absolute Gasteiger partial charge is 0.366 e. The molecule has 6 nitrogen and oxygen atoms in total. The van der Waals surface area contributed by atoms with E-state index in [0.29, 0.717) is 11.3 Å². The molecular weight excluding hydrogens is 424 g/mol. The van der Waals surface area contributed by atoms with E-state index in [9.17, 15) is 9.59 Å². The molecule has 174 valence electrons. The third-order valence-corrected chi connectivity index (χ3v) is 6.74. The van der Waals surface area contributed by atoms with Gasteiger partial charge < -0.3 is 20.4 Å². The van der Waals surface area contributed by atoms with Crippen LogP contribution in [0, 0.1) is 6.92 Å². The molecule has 0 aromatic heterocycles. The second-order valence-electron chi connectivity index (χ2n) is 9.07. The van der Waals surface area contributed by atoms with Crippen molar-refractivity contribution in [1.29, 1.82) is 0 Å². The number of urea groups is 1. The Labute approximate surface area is 200 Å². The topological polar surface area (TPSA) is 64.7 Å². The van der Waals surface area contributed by atoms with Gasteiger partial charge in [0.15, 0.2) is 0 Å². The molecule has 3 amide bonds. The molecule has 34 heavy (non-hydrogen) atoms. The number of fused-ring (bicyclic) bond motifs is 1. The Bertz CT molecular complexity index is 1220. The molecule has 3 aromatic rings. The molecule has 0 atom stereocenters. The molecule has 0 unspecified atom stereocenters. The molecule has 2 heterocycles. The monoisotopic (exact) mass is 454 g/mol. The molecular formula is C28H30N4O2. The maximum Gasteiger partial charge on any atom is 0.323 e. The van der Waals surface area contributed by atoms with Crippen molar-refractivity contribution in [3.05, 3.63) is 89.0 Å². The van der Waals surface area contributed by atoms with Crippen LogP contribution in [0.25, 0.3) is 0 Å². The number of aryl methyl sites for hydroxylation is 1. The number of rotatable bonds is 4. The van der Waals surface area contributed by atoms with Crippen molar-refractivity contribution in [2.75, 3.05) is 35.2 Å². The maximum atomic E-state index is 13.5. The Balaban J connectivity index is 1.41. The fourth-order valence-electron chi connectivity index (χ4n) is 4.85. The zero-order chi connectivity index (χ0) is 23.5. The van der Waals surface area contributed by atoms with Gasteiger partial charge in [-0.15, -0.1) is 0 Å². The number of carbonyl (C=O) groups excluding carboxylic acids is 2. The van der Waals surface area contributed by atoms with Gasteiger partial charge in [-0.05, 0) is 67.1 Å². The summed E-state index contributed by atoms with van der Waals surface area (Å²) in [5.41, 5.74) is 6.60. The van der Waals surface area contributed by atoms with Gasteiger partial charge in [0.1, 0.15) is 0 Å². The number of para-hydroxylation sites is 1. The second-order valence-corrected chi connectivity index (χ2v) is 9.07. The van der Waals surface area contributed by atoms with Gasteiger partial charge in [-0.25, -0.2) is 4.79 Å². The minimum absolute atomic E-state index is 0.0364. The van der Waals surface area contributed by atoms with E-state index in [-0.39, 0.29) is 11.9 Å². The van der Waals surface area contributed by atoms with Gasteiger partial charge in [0, 0.05) is 43.2 Å². The van der Waals surface area contributed by atoms with E-state index < -0.39 is 0 Å². The summed E-state index contributed by atoms with van der Waals surface area (Å²) in [5, 5.41) is 5.81. The van der Waals surface area contributed by atoms with Crippen LogP contribution in [0.5, 0.6) is 0 Å². The molecule has 0 saturated carbocycles. The first-order valence-corrected chi connectivity index (χ1v) is 12.0. The molecule has 0 bridgehead atoms. The van der Waals surface area contributed by atoms with E-state index in [1.165, 1.54) is 11.1 Å². The standard InChI is InChI=1S/C28H30N4O2/c1-20-8-2-5-11-25(20)30-28(34)29-23-12-13-26(24(18-23)27(33)31-15-6-7-16-31)32-17-14-21-9-3-4-10-22(21)19-32/h2-5,8-13,18H,6-7,14-17,19H2,1H3,(H2,29,30,34). The highest BCUT2D eigenvalue weighted by Gasteiger charge is 2.26. The predicted octanol–water partition coefficient (Wildman–Crippen LogP) is 5.44. The normalized spacial score (nSPS) is 15.1. The average Bonchev–Trinajstić information content (AvgIpc) is 3.40. The maximum absolute atomic E-state index is 13.5. The molecule has 6 heteroatoms. The van der Waals surface area contributed by atoms with Crippen molar-refractivity contribution in [1.82, 2.24) is 4.90 Å². The number of hydrogen-bond acceptors (Lipinski definition) is 3. The lowest BCUT2D eigenvalue weighted by atomic mass is 9.98. The van der Waals surface area contributed by atoms with E-state index in [0.717, 1.165) is 62.4 Å². The summed E-state index contributed by atoms with van der Waals surface area (Å²) in [7, 11) is 0. The smallest absolute Gasteiger partial charge is 0.323 e. The van der Waals surface area contributed by atoms with Crippen LogP contribution in [0.1, 0.15) is 39.9 Å². The highest BCUT2D eigenvalue weighted by Crippen LogP contribution is 2.31. The summed E-state index contributed by atoms with van der Waals surface area (Å²) in [5.74, 6) is 0.0364. The van der Waals surface area contributed by atoms with E-state index >= 15 is 0 Å². The summed E-state index contributed by atoms with van der Waals surface area (Å²) < 4.78 is 0. The predicted molar refractivity (Wildman–Crippen MR) is 137 cm³/mol. The van der Waals surface area contributed by atoms with Crippen LogP contribution >= 0.6 is 0 Å². The number of nitrogens with zero attached hydrogens (tertiary/aromatic N) is 2. The number of anilines is 3. The Morgan fingerprint density at radius 3 is 2.35 bits per heavy atom. The molecule has 0 aliphatic carbocycles. The van der Waals surface area contributed by atoms with Crippen LogP contribution in [0.3, 0.4) is 0 Å². The minimum Gasteiger partial charge on any atom is -0.366 e. The van der Waals surface area contributed by atoms with Crippen LogP contribution in [-0.4, -0.2) is 36.5 Å². The number of nitrogens with one attached hydrogen (secondary N) is 2. The SMILES string of the molecule is Cc1ccccc1NC(=O)Nc1ccc(N2CCc3ccccc3C2)c(C(=O)N2CCCC2)c1. The Kier molecular flexibility index (Phi) is 6.21. The lowest BCUT2D eigenvalue weighted by Crippen LogP contribution is -2.34. The van der Waals surface area contributed by atoms with E-state index in [1.807, 2.05) is 54.3 Å². The van der Waals surface area contributed by atoms with Crippen LogP contribution in [0.15, 0.2) is 66.7 Å². The number of benzene rings is 3. The summed E-state index contributed by atoms with van der Waals surface area (Å²) in [6.45, 7) is 5.15. The molecule has 3 aromatic carbocycles. The Hall–Kier alpha value is -3.80. The molecule has 1 fully saturated rings. The van der Waals surface area contributed by atoms with Gasteiger partial charge in [0.25, 0.3) is 5.91 Å².